The summed E-state index contributed by atoms with van der Waals surface area (Å²) >= 11 is 0. The normalized spacial score (nSPS) is 11.0. The zero-order valence-electron chi connectivity index (χ0n) is 23.5. The van der Waals surface area contributed by atoms with E-state index in [4.69, 9.17) is 0 Å². The third-order valence-electron chi connectivity index (χ3n) is 7.71. The van der Waals surface area contributed by atoms with Gasteiger partial charge in [0, 0.05) is 55.2 Å². The van der Waals surface area contributed by atoms with E-state index in [-0.39, 0.29) is 0 Å². The molecule has 2 N–H and O–H groups in total. The molecule has 0 spiro atoms. The predicted octanol–water partition coefficient (Wildman–Crippen LogP) is 7.50. The summed E-state index contributed by atoms with van der Waals surface area (Å²) in [7, 11) is 4.09. The highest BCUT2D eigenvalue weighted by Gasteiger charge is 2.14. The van der Waals surface area contributed by atoms with Gasteiger partial charge in [-0.3, -0.25) is 0 Å². The number of nitrogens with zero attached hydrogens (tertiary/aromatic N) is 2. The summed E-state index contributed by atoms with van der Waals surface area (Å²) < 4.78 is 2.34. The molecule has 0 saturated carbocycles. The van der Waals surface area contributed by atoms with E-state index in [0.29, 0.717) is 5.56 Å². The zero-order chi connectivity index (χ0) is 28.4. The molecule has 0 aliphatic rings. The number of hydrogen-bond acceptors (Lipinski definition) is 3. The fourth-order valence-electron chi connectivity index (χ4n) is 5.16. The Labute approximate surface area is 236 Å². The Morgan fingerprint density at radius 2 is 1.57 bits per heavy atom. The molecular weight excluding hydrogens is 494 g/mol. The molecule has 5 aromatic rings. The maximum absolute atomic E-state index is 11.7. The average molecular weight is 530 g/mol. The standard InChI is InChI=1S/C35H35N3O2/c1-23-25(3)38(22-27-10-14-28(15-11-27)31-8-6-7-9-32(31)35(39)40)34-19-16-29(20-33(23)34)24(2)36-21-26-12-17-30(18-13-26)37(4)5/h6-20,36H,2,21-22H2,1,3-5H3,(H,39,40). The minimum Gasteiger partial charge on any atom is -0.478 e. The number of aryl methyl sites for hydroxylation is 1. The number of nitrogens with one attached hydrogen (secondary N) is 1. The first-order valence-corrected chi connectivity index (χ1v) is 13.4. The molecule has 5 rings (SSSR count). The van der Waals surface area contributed by atoms with Crippen LogP contribution in [-0.4, -0.2) is 29.7 Å². The highest BCUT2D eigenvalue weighted by Crippen LogP contribution is 2.30. The van der Waals surface area contributed by atoms with Crippen molar-refractivity contribution in [1.29, 1.82) is 0 Å². The van der Waals surface area contributed by atoms with E-state index in [1.54, 1.807) is 12.1 Å². The maximum Gasteiger partial charge on any atom is 0.336 e. The van der Waals surface area contributed by atoms with Crippen molar-refractivity contribution < 1.29 is 9.90 Å². The van der Waals surface area contributed by atoms with Crippen LogP contribution >= 0.6 is 0 Å². The van der Waals surface area contributed by atoms with Crippen LogP contribution in [0.4, 0.5) is 5.69 Å². The third-order valence-corrected chi connectivity index (χ3v) is 7.71. The Hall–Kier alpha value is -4.77. The van der Waals surface area contributed by atoms with Crippen molar-refractivity contribution in [2.45, 2.75) is 26.9 Å². The Bertz CT molecular complexity index is 1690. The van der Waals surface area contributed by atoms with Crippen LogP contribution < -0.4 is 10.2 Å². The minimum absolute atomic E-state index is 0.312. The lowest BCUT2D eigenvalue weighted by molar-refractivity contribution is 0.0697. The number of carboxylic acid groups (broad SMARTS) is 1. The molecule has 0 radical (unpaired) electrons. The molecule has 1 aromatic heterocycles. The number of anilines is 1. The first kappa shape index (κ1) is 26.8. The summed E-state index contributed by atoms with van der Waals surface area (Å²) in [5.41, 5.74) is 11.2. The highest BCUT2D eigenvalue weighted by molar-refractivity contribution is 5.96. The Balaban J connectivity index is 1.34. The lowest BCUT2D eigenvalue weighted by atomic mass is 9.99. The topological polar surface area (TPSA) is 57.5 Å². The van der Waals surface area contributed by atoms with Crippen molar-refractivity contribution in [2.75, 3.05) is 19.0 Å². The Morgan fingerprint density at radius 3 is 2.25 bits per heavy atom. The zero-order valence-corrected chi connectivity index (χ0v) is 23.5. The molecule has 5 heteroatoms. The Kier molecular flexibility index (Phi) is 7.47. The summed E-state index contributed by atoms with van der Waals surface area (Å²) in [6.07, 6.45) is 0. The number of rotatable bonds is 9. The molecular formula is C35H35N3O2. The summed E-state index contributed by atoms with van der Waals surface area (Å²) in [5, 5.41) is 14.3. The Morgan fingerprint density at radius 1 is 0.900 bits per heavy atom. The van der Waals surface area contributed by atoms with Gasteiger partial charge in [-0.2, -0.15) is 0 Å². The predicted molar refractivity (Wildman–Crippen MR) is 166 cm³/mol. The second kappa shape index (κ2) is 11.1. The van der Waals surface area contributed by atoms with Crippen LogP contribution in [0.5, 0.6) is 0 Å². The number of fused-ring (bicyclic) bond motifs is 1. The van der Waals surface area contributed by atoms with E-state index in [0.717, 1.165) is 41.0 Å². The molecule has 0 bridgehead atoms. The summed E-state index contributed by atoms with van der Waals surface area (Å²) in [6.45, 7) is 10.1. The second-order valence-electron chi connectivity index (χ2n) is 10.5. The van der Waals surface area contributed by atoms with Gasteiger partial charge in [-0.05, 0) is 77.6 Å². The average Bonchev–Trinajstić information content (AvgIpc) is 3.20. The first-order chi connectivity index (χ1) is 19.2. The van der Waals surface area contributed by atoms with Gasteiger partial charge in [0.2, 0.25) is 0 Å². The van der Waals surface area contributed by atoms with Crippen LogP contribution in [0.25, 0.3) is 27.7 Å². The smallest absolute Gasteiger partial charge is 0.336 e. The monoisotopic (exact) mass is 529 g/mol. The van der Waals surface area contributed by atoms with Crippen LogP contribution in [0.2, 0.25) is 0 Å². The second-order valence-corrected chi connectivity index (χ2v) is 10.5. The number of aromatic carboxylic acids is 1. The van der Waals surface area contributed by atoms with E-state index in [9.17, 15) is 9.90 Å². The molecule has 0 saturated heterocycles. The number of carboxylic acids is 1. The molecule has 202 valence electrons. The van der Waals surface area contributed by atoms with Gasteiger partial charge in [-0.25, -0.2) is 4.79 Å². The largest absolute Gasteiger partial charge is 0.478 e. The van der Waals surface area contributed by atoms with E-state index in [1.807, 2.05) is 38.4 Å². The van der Waals surface area contributed by atoms with Gasteiger partial charge < -0.3 is 19.9 Å². The third kappa shape index (κ3) is 5.36. The van der Waals surface area contributed by atoms with Crippen LogP contribution in [0.1, 0.15) is 38.3 Å². The van der Waals surface area contributed by atoms with Crippen molar-refractivity contribution in [1.82, 2.24) is 9.88 Å². The quantitative estimate of drug-likeness (QED) is 0.208. The molecule has 0 unspecified atom stereocenters. The van der Waals surface area contributed by atoms with Gasteiger partial charge in [0.05, 0.1) is 5.56 Å². The fraction of sp³-hybridized carbons (Fsp3) is 0.171. The molecule has 0 aliphatic heterocycles. The van der Waals surface area contributed by atoms with E-state index in [1.165, 1.54) is 33.4 Å². The van der Waals surface area contributed by atoms with Gasteiger partial charge in [0.1, 0.15) is 0 Å². The van der Waals surface area contributed by atoms with Gasteiger partial charge >= 0.3 is 5.97 Å². The van der Waals surface area contributed by atoms with Crippen molar-refractivity contribution in [3.05, 3.63) is 131 Å². The fourth-order valence-corrected chi connectivity index (χ4v) is 5.16. The van der Waals surface area contributed by atoms with E-state index < -0.39 is 5.97 Å². The van der Waals surface area contributed by atoms with Crippen molar-refractivity contribution in [3.8, 4) is 11.1 Å². The van der Waals surface area contributed by atoms with E-state index >= 15 is 0 Å². The molecule has 40 heavy (non-hydrogen) atoms. The molecule has 0 fully saturated rings. The summed E-state index contributed by atoms with van der Waals surface area (Å²) in [6, 6.07) is 30.4. The molecule has 4 aromatic carbocycles. The number of hydrogen-bond donors (Lipinski definition) is 2. The lowest BCUT2D eigenvalue weighted by Crippen LogP contribution is -2.12. The van der Waals surface area contributed by atoms with Crippen molar-refractivity contribution in [2.24, 2.45) is 0 Å². The molecule has 5 nitrogen and oxygen atoms in total. The van der Waals surface area contributed by atoms with Crippen molar-refractivity contribution >= 4 is 28.3 Å². The molecule has 0 amide bonds. The van der Waals surface area contributed by atoms with Gasteiger partial charge in [0.25, 0.3) is 0 Å². The molecule has 0 atom stereocenters. The van der Waals surface area contributed by atoms with Crippen molar-refractivity contribution in [3.63, 3.8) is 0 Å². The number of benzene rings is 4. The summed E-state index contributed by atoms with van der Waals surface area (Å²) in [5.74, 6) is -0.916. The van der Waals surface area contributed by atoms with Crippen LogP contribution in [-0.2, 0) is 13.1 Å². The van der Waals surface area contributed by atoms with Crippen LogP contribution in [0.3, 0.4) is 0 Å². The van der Waals surface area contributed by atoms with Gasteiger partial charge in [-0.15, -0.1) is 0 Å². The van der Waals surface area contributed by atoms with Gasteiger partial charge in [0.15, 0.2) is 0 Å². The summed E-state index contributed by atoms with van der Waals surface area (Å²) in [4.78, 5) is 13.7. The molecule has 0 aliphatic carbocycles. The van der Waals surface area contributed by atoms with Gasteiger partial charge in [-0.1, -0.05) is 67.2 Å². The lowest BCUT2D eigenvalue weighted by Gasteiger charge is -2.14. The number of aromatic nitrogens is 1. The van der Waals surface area contributed by atoms with E-state index in [2.05, 4.69) is 89.8 Å². The highest BCUT2D eigenvalue weighted by atomic mass is 16.4. The molecule has 1 heterocycles. The van der Waals surface area contributed by atoms with Crippen LogP contribution in [0, 0.1) is 13.8 Å². The first-order valence-electron chi connectivity index (χ1n) is 13.4. The maximum atomic E-state index is 11.7. The SMILES string of the molecule is C=C(NCc1ccc(N(C)C)cc1)c1ccc2c(c1)c(C)c(C)n2Cc1ccc(-c2ccccc2C(=O)O)cc1. The minimum atomic E-state index is -0.916. The van der Waals surface area contributed by atoms with Crippen LogP contribution in [0.15, 0.2) is 97.6 Å². The number of carbonyl (C=O) groups is 1.